The first-order chi connectivity index (χ1) is 35.2. The maximum Gasteiger partial charge on any atom is 0.238 e. The van der Waals surface area contributed by atoms with E-state index in [9.17, 15) is 0 Å². The van der Waals surface area contributed by atoms with Crippen LogP contribution >= 0.6 is 0 Å². The van der Waals surface area contributed by atoms with Gasteiger partial charge in [0.05, 0.1) is 27.5 Å². The van der Waals surface area contributed by atoms with Gasteiger partial charge >= 0.3 is 0 Å². The van der Waals surface area contributed by atoms with Gasteiger partial charge in [-0.15, -0.1) is 0 Å². The van der Waals surface area contributed by atoms with E-state index in [-0.39, 0.29) is 0 Å². The molecule has 0 aliphatic carbocycles. The Morgan fingerprint density at radius 3 is 1.65 bits per heavy atom. The lowest BCUT2D eigenvalue weighted by Crippen LogP contribution is -2.06. The summed E-state index contributed by atoms with van der Waals surface area (Å²) in [5.74, 6) is 1.70. The van der Waals surface area contributed by atoms with Gasteiger partial charge in [-0.25, -0.2) is 4.98 Å². The largest absolute Gasteiger partial charge is 0.455 e. The van der Waals surface area contributed by atoms with Crippen molar-refractivity contribution in [1.82, 2.24) is 24.1 Å². The predicted molar refractivity (Wildman–Crippen MR) is 293 cm³/mol. The number of rotatable bonds is 6. The second-order valence-electron chi connectivity index (χ2n) is 18.3. The van der Waals surface area contributed by atoms with Gasteiger partial charge in [0.1, 0.15) is 11.2 Å². The first kappa shape index (κ1) is 39.4. The zero-order valence-electron chi connectivity index (χ0n) is 38.2. The van der Waals surface area contributed by atoms with Crippen LogP contribution in [0.1, 0.15) is 0 Å². The average molecular weight is 906 g/mol. The van der Waals surface area contributed by atoms with Crippen molar-refractivity contribution in [2.24, 2.45) is 0 Å². The molecule has 0 fully saturated rings. The van der Waals surface area contributed by atoms with Gasteiger partial charge in [0, 0.05) is 49.1 Å². The Morgan fingerprint density at radius 1 is 0.324 bits per heavy atom. The molecule has 0 aliphatic rings. The van der Waals surface area contributed by atoms with Crippen molar-refractivity contribution < 1.29 is 4.42 Å². The molecule has 0 unspecified atom stereocenters. The van der Waals surface area contributed by atoms with Crippen molar-refractivity contribution in [2.45, 2.75) is 0 Å². The fraction of sp³-hybridized carbons (Fsp3) is 0. The summed E-state index contributed by atoms with van der Waals surface area (Å²) in [5, 5.41) is 11.3. The van der Waals surface area contributed by atoms with E-state index in [1.807, 2.05) is 24.3 Å². The molecular formula is C65H39N5O. The van der Waals surface area contributed by atoms with Gasteiger partial charge in [-0.05, 0) is 86.9 Å². The molecule has 0 saturated carbocycles. The first-order valence-electron chi connectivity index (χ1n) is 24.0. The highest BCUT2D eigenvalue weighted by molar-refractivity contribution is 6.35. The molecule has 0 atom stereocenters. The van der Waals surface area contributed by atoms with Gasteiger partial charge in [0.15, 0.2) is 11.6 Å². The van der Waals surface area contributed by atoms with Gasteiger partial charge in [0.2, 0.25) is 5.95 Å². The molecule has 0 N–H and O–H groups in total. The Bertz CT molecular complexity index is 4620. The minimum absolute atomic E-state index is 0.525. The minimum atomic E-state index is 0.525. The van der Waals surface area contributed by atoms with Crippen LogP contribution in [-0.4, -0.2) is 24.1 Å². The van der Waals surface area contributed by atoms with Crippen LogP contribution in [-0.2, 0) is 0 Å². The van der Waals surface area contributed by atoms with Gasteiger partial charge < -0.3 is 8.98 Å². The first-order valence-corrected chi connectivity index (χ1v) is 24.0. The summed E-state index contributed by atoms with van der Waals surface area (Å²) in [6, 6.07) is 83.9. The smallest absolute Gasteiger partial charge is 0.238 e. The molecule has 15 rings (SSSR count). The van der Waals surface area contributed by atoms with Gasteiger partial charge in [-0.1, -0.05) is 188 Å². The molecule has 4 aromatic heterocycles. The minimum Gasteiger partial charge on any atom is -0.455 e. The van der Waals surface area contributed by atoms with Crippen molar-refractivity contribution in [3.05, 3.63) is 237 Å². The summed E-state index contributed by atoms with van der Waals surface area (Å²) < 4.78 is 11.5. The summed E-state index contributed by atoms with van der Waals surface area (Å²) in [6.45, 7) is 0. The quantitative estimate of drug-likeness (QED) is 0.167. The van der Waals surface area contributed by atoms with Crippen molar-refractivity contribution >= 4 is 87.1 Å². The van der Waals surface area contributed by atoms with E-state index in [0.717, 1.165) is 88.0 Å². The van der Waals surface area contributed by atoms with E-state index in [4.69, 9.17) is 19.4 Å². The third-order valence-electron chi connectivity index (χ3n) is 14.4. The maximum absolute atomic E-state index is 6.86. The molecule has 0 aliphatic heterocycles. The summed E-state index contributed by atoms with van der Waals surface area (Å²) in [7, 11) is 0. The van der Waals surface area contributed by atoms with E-state index < -0.39 is 0 Å². The molecule has 4 heterocycles. The molecule has 6 heteroatoms. The molecule has 330 valence electrons. The van der Waals surface area contributed by atoms with Crippen molar-refractivity contribution in [1.29, 1.82) is 0 Å². The highest BCUT2D eigenvalue weighted by Gasteiger charge is 2.26. The maximum atomic E-state index is 6.86. The van der Waals surface area contributed by atoms with Crippen LogP contribution in [0.3, 0.4) is 0 Å². The Hall–Kier alpha value is -9.65. The fourth-order valence-electron chi connectivity index (χ4n) is 11.2. The number of hydrogen-bond acceptors (Lipinski definition) is 4. The Kier molecular flexibility index (Phi) is 8.56. The molecule has 6 nitrogen and oxygen atoms in total. The third kappa shape index (κ3) is 6.05. The van der Waals surface area contributed by atoms with E-state index in [2.05, 4.69) is 221 Å². The van der Waals surface area contributed by atoms with Crippen LogP contribution < -0.4 is 0 Å². The Labute approximate surface area is 407 Å². The lowest BCUT2D eigenvalue weighted by atomic mass is 9.97. The standard InChI is InChI=1S/C65H39N5O/c1-3-17-42(18-4-1)63-66-64(43-32-30-41(31-33-43)48-27-15-19-40-16-7-8-22-47(40)48)68-65(67-63)70-57-37-35-45(44-34-36-56-53(38-44)49-23-11-13-28-55(49)69(56)46-20-5-2-6-21-46)39-54(57)59-50-24-9-10-25-51(50)62-60(61(59)70)52-26-12-14-29-58(52)71-62/h1-39H. The molecule has 0 bridgehead atoms. The topological polar surface area (TPSA) is 61.7 Å². The van der Waals surface area contributed by atoms with Gasteiger partial charge in [0.25, 0.3) is 0 Å². The molecular weight excluding hydrogens is 867 g/mol. The van der Waals surface area contributed by atoms with Crippen LogP contribution in [0.15, 0.2) is 241 Å². The fourth-order valence-corrected chi connectivity index (χ4v) is 11.2. The highest BCUT2D eigenvalue weighted by atomic mass is 16.3. The monoisotopic (exact) mass is 905 g/mol. The lowest BCUT2D eigenvalue weighted by Gasteiger charge is -2.12. The normalized spacial score (nSPS) is 11.9. The molecule has 0 amide bonds. The number of fused-ring (bicyclic) bond motifs is 14. The van der Waals surface area contributed by atoms with Crippen molar-refractivity contribution in [3.8, 4) is 56.7 Å². The third-order valence-corrected chi connectivity index (χ3v) is 14.4. The molecule has 0 spiro atoms. The van der Waals surface area contributed by atoms with E-state index in [0.29, 0.717) is 17.6 Å². The number of hydrogen-bond donors (Lipinski definition) is 0. The van der Waals surface area contributed by atoms with Crippen LogP contribution in [0.2, 0.25) is 0 Å². The van der Waals surface area contributed by atoms with Gasteiger partial charge in [-0.2, -0.15) is 9.97 Å². The van der Waals surface area contributed by atoms with Gasteiger partial charge in [-0.3, -0.25) is 4.57 Å². The lowest BCUT2D eigenvalue weighted by molar-refractivity contribution is 0.673. The highest BCUT2D eigenvalue weighted by Crippen LogP contribution is 2.47. The SMILES string of the molecule is c1ccc(-c2nc(-c3ccc(-c4cccc5ccccc45)cc3)nc(-n3c4ccc(-c5ccc6c(c5)c5ccccc5n6-c5ccccc5)cc4c4c5ccccc5c5oc6ccccc6c5c43)n2)cc1. The number of aromatic nitrogens is 5. The summed E-state index contributed by atoms with van der Waals surface area (Å²) in [5.41, 5.74) is 13.5. The van der Waals surface area contributed by atoms with Crippen molar-refractivity contribution in [2.75, 3.05) is 0 Å². The van der Waals surface area contributed by atoms with Crippen molar-refractivity contribution in [3.63, 3.8) is 0 Å². The molecule has 71 heavy (non-hydrogen) atoms. The van der Waals surface area contributed by atoms with Crippen LogP contribution in [0.4, 0.5) is 0 Å². The summed E-state index contributed by atoms with van der Waals surface area (Å²) in [6.07, 6.45) is 0. The number of benzene rings is 11. The van der Waals surface area contributed by atoms with Crippen LogP contribution in [0.5, 0.6) is 0 Å². The zero-order chi connectivity index (χ0) is 46.6. The zero-order valence-corrected chi connectivity index (χ0v) is 38.2. The predicted octanol–water partition coefficient (Wildman–Crippen LogP) is 16.9. The molecule has 15 aromatic rings. The number of para-hydroxylation sites is 3. The Balaban J connectivity index is 0.999. The second-order valence-corrected chi connectivity index (χ2v) is 18.3. The van der Waals surface area contributed by atoms with Crippen LogP contribution in [0, 0.1) is 0 Å². The van der Waals surface area contributed by atoms with E-state index in [1.54, 1.807) is 0 Å². The summed E-state index contributed by atoms with van der Waals surface area (Å²) >= 11 is 0. The van der Waals surface area contributed by atoms with E-state index in [1.165, 1.54) is 38.1 Å². The Morgan fingerprint density at radius 2 is 0.873 bits per heavy atom. The number of furan rings is 1. The summed E-state index contributed by atoms with van der Waals surface area (Å²) in [4.78, 5) is 16.1. The number of nitrogens with zero attached hydrogens (tertiary/aromatic N) is 5. The van der Waals surface area contributed by atoms with E-state index >= 15 is 0 Å². The molecule has 0 saturated heterocycles. The van der Waals surface area contributed by atoms with Crippen LogP contribution in [0.25, 0.3) is 144 Å². The average Bonchev–Trinajstić information content (AvgIpc) is 4.11. The second kappa shape index (κ2) is 15.4. The molecule has 11 aromatic carbocycles. The molecule has 0 radical (unpaired) electrons.